The van der Waals surface area contributed by atoms with Crippen molar-refractivity contribution in [2.75, 3.05) is 11.9 Å². The molecule has 1 saturated carbocycles. The van der Waals surface area contributed by atoms with Crippen LogP contribution < -0.4 is 4.90 Å². The van der Waals surface area contributed by atoms with Crippen LogP contribution in [0.4, 0.5) is 5.82 Å². The molecule has 4 heterocycles. The van der Waals surface area contributed by atoms with Gasteiger partial charge in [-0.1, -0.05) is 30.3 Å². The summed E-state index contributed by atoms with van der Waals surface area (Å²) < 4.78 is 3.83. The van der Waals surface area contributed by atoms with E-state index in [1.165, 1.54) is 6.20 Å². The van der Waals surface area contributed by atoms with Gasteiger partial charge in [0.25, 0.3) is 0 Å². The van der Waals surface area contributed by atoms with E-state index in [-0.39, 0.29) is 5.56 Å². The predicted octanol–water partition coefficient (Wildman–Crippen LogP) is 4.42. The SMILES string of the molecule is CN(Cc1ccccc1)c1cc(-c2cn(C3CC3)c3ncccc23)nc2c(C(=O)O)cnn12. The third kappa shape index (κ3) is 3.31. The lowest BCUT2D eigenvalue weighted by molar-refractivity contribution is 0.0698. The minimum Gasteiger partial charge on any atom is -0.477 e. The van der Waals surface area contributed by atoms with Crippen LogP contribution in [0.15, 0.2) is 67.1 Å². The molecule has 1 aromatic carbocycles. The Morgan fingerprint density at radius 2 is 1.97 bits per heavy atom. The fourth-order valence-corrected chi connectivity index (χ4v) is 4.36. The van der Waals surface area contributed by atoms with E-state index >= 15 is 0 Å². The van der Waals surface area contributed by atoms with Crippen LogP contribution in [0.2, 0.25) is 0 Å². The third-order valence-electron chi connectivity index (χ3n) is 6.14. The molecule has 0 amide bonds. The van der Waals surface area contributed by atoms with Crippen LogP contribution in [-0.4, -0.2) is 42.3 Å². The Balaban J connectivity index is 1.55. The van der Waals surface area contributed by atoms with Crippen molar-refractivity contribution in [3.63, 3.8) is 0 Å². The Labute approximate surface area is 189 Å². The van der Waals surface area contributed by atoms with Gasteiger partial charge in [0.1, 0.15) is 17.0 Å². The van der Waals surface area contributed by atoms with Crippen molar-refractivity contribution in [3.05, 3.63) is 78.2 Å². The summed E-state index contributed by atoms with van der Waals surface area (Å²) in [5, 5.41) is 15.1. The van der Waals surface area contributed by atoms with Crippen LogP contribution in [0, 0.1) is 0 Å². The number of carbonyl (C=O) groups is 1. The van der Waals surface area contributed by atoms with Crippen LogP contribution in [0.5, 0.6) is 0 Å². The van der Waals surface area contributed by atoms with E-state index in [2.05, 4.69) is 37.9 Å². The lowest BCUT2D eigenvalue weighted by Gasteiger charge is -2.21. The first-order valence-electron chi connectivity index (χ1n) is 10.9. The number of aromatic nitrogens is 5. The fraction of sp³-hybridized carbons (Fsp3) is 0.200. The van der Waals surface area contributed by atoms with Gasteiger partial charge in [0.2, 0.25) is 0 Å². The molecule has 1 aliphatic carbocycles. The van der Waals surface area contributed by atoms with E-state index < -0.39 is 5.97 Å². The minimum absolute atomic E-state index is 0.0790. The van der Waals surface area contributed by atoms with Gasteiger partial charge in [0.15, 0.2) is 5.65 Å². The Kier molecular flexibility index (Phi) is 4.39. The first-order valence-corrected chi connectivity index (χ1v) is 10.9. The Morgan fingerprint density at radius 3 is 2.73 bits per heavy atom. The topological polar surface area (TPSA) is 88.5 Å². The lowest BCUT2D eigenvalue weighted by atomic mass is 10.1. The van der Waals surface area contributed by atoms with E-state index in [1.807, 2.05) is 43.4 Å². The molecule has 8 heteroatoms. The van der Waals surface area contributed by atoms with Gasteiger partial charge in [-0.2, -0.15) is 9.61 Å². The molecule has 0 unspecified atom stereocenters. The number of hydrogen-bond acceptors (Lipinski definition) is 5. The summed E-state index contributed by atoms with van der Waals surface area (Å²) in [7, 11) is 1.97. The van der Waals surface area contributed by atoms with Crippen molar-refractivity contribution >= 4 is 28.5 Å². The average Bonchev–Trinajstić information content (AvgIpc) is 3.46. The molecule has 0 atom stereocenters. The maximum atomic E-state index is 11.9. The molecule has 8 nitrogen and oxygen atoms in total. The molecule has 0 saturated heterocycles. The van der Waals surface area contributed by atoms with Crippen molar-refractivity contribution in [1.29, 1.82) is 0 Å². The summed E-state index contributed by atoms with van der Waals surface area (Å²) in [6.45, 7) is 0.646. The second kappa shape index (κ2) is 7.44. The van der Waals surface area contributed by atoms with Crippen molar-refractivity contribution < 1.29 is 9.90 Å². The monoisotopic (exact) mass is 438 g/mol. The van der Waals surface area contributed by atoms with Gasteiger partial charge in [0.05, 0.1) is 11.9 Å². The number of carboxylic acid groups (broad SMARTS) is 1. The Morgan fingerprint density at radius 1 is 1.15 bits per heavy atom. The van der Waals surface area contributed by atoms with E-state index in [0.717, 1.165) is 40.8 Å². The zero-order valence-corrected chi connectivity index (χ0v) is 18.1. The molecule has 1 aliphatic rings. The maximum Gasteiger partial charge on any atom is 0.341 e. The van der Waals surface area contributed by atoms with E-state index in [0.29, 0.717) is 23.9 Å². The summed E-state index contributed by atoms with van der Waals surface area (Å²) in [6, 6.07) is 16.5. The lowest BCUT2D eigenvalue weighted by Crippen LogP contribution is -2.20. The molecular formula is C25H22N6O2. The number of benzene rings is 1. The highest BCUT2D eigenvalue weighted by Crippen LogP contribution is 2.41. The van der Waals surface area contributed by atoms with Gasteiger partial charge in [-0.25, -0.2) is 14.8 Å². The molecule has 0 bridgehead atoms. The highest BCUT2D eigenvalue weighted by atomic mass is 16.4. The second-order valence-corrected chi connectivity index (χ2v) is 8.50. The number of hydrogen-bond donors (Lipinski definition) is 1. The molecule has 6 rings (SSSR count). The minimum atomic E-state index is -1.05. The van der Waals surface area contributed by atoms with Gasteiger partial charge in [-0.15, -0.1) is 0 Å². The van der Waals surface area contributed by atoms with E-state index in [4.69, 9.17) is 4.98 Å². The molecule has 4 aromatic heterocycles. The smallest absolute Gasteiger partial charge is 0.341 e. The predicted molar refractivity (Wildman–Crippen MR) is 125 cm³/mol. The second-order valence-electron chi connectivity index (χ2n) is 8.50. The van der Waals surface area contributed by atoms with Crippen LogP contribution in [-0.2, 0) is 6.54 Å². The standard InChI is InChI=1S/C25H22N6O2/c1-29(14-16-6-3-2-4-7-16)22-12-21(28-24-19(25(32)33)13-27-31(22)24)20-15-30(17-9-10-17)23-18(20)8-5-11-26-23/h2-8,11-13,15,17H,9-10,14H2,1H3,(H,32,33). The zero-order valence-electron chi connectivity index (χ0n) is 18.1. The van der Waals surface area contributed by atoms with Crippen molar-refractivity contribution in [3.8, 4) is 11.3 Å². The first kappa shape index (κ1) is 19.5. The van der Waals surface area contributed by atoms with Gasteiger partial charge in [0, 0.05) is 49.0 Å². The van der Waals surface area contributed by atoms with Gasteiger partial charge >= 0.3 is 5.97 Å². The number of fused-ring (bicyclic) bond motifs is 2. The third-order valence-corrected chi connectivity index (χ3v) is 6.14. The molecule has 0 radical (unpaired) electrons. The number of pyridine rings is 1. The highest BCUT2D eigenvalue weighted by Gasteiger charge is 2.27. The molecule has 33 heavy (non-hydrogen) atoms. The number of rotatable bonds is 6. The summed E-state index contributed by atoms with van der Waals surface area (Å²) in [5.74, 6) is -0.282. The van der Waals surface area contributed by atoms with Crippen LogP contribution in [0.1, 0.15) is 34.8 Å². The van der Waals surface area contributed by atoms with Gasteiger partial charge < -0.3 is 14.6 Å². The average molecular weight is 438 g/mol. The van der Waals surface area contributed by atoms with Crippen LogP contribution in [0.3, 0.4) is 0 Å². The molecule has 0 spiro atoms. The highest BCUT2D eigenvalue weighted by molar-refractivity contribution is 5.97. The van der Waals surface area contributed by atoms with Gasteiger partial charge in [-0.3, -0.25) is 0 Å². The largest absolute Gasteiger partial charge is 0.477 e. The number of aromatic carboxylic acids is 1. The van der Waals surface area contributed by atoms with Crippen molar-refractivity contribution in [1.82, 2.24) is 24.1 Å². The number of anilines is 1. The van der Waals surface area contributed by atoms with E-state index in [9.17, 15) is 9.90 Å². The fourth-order valence-electron chi connectivity index (χ4n) is 4.36. The summed E-state index contributed by atoms with van der Waals surface area (Å²) in [4.78, 5) is 23.3. The molecular weight excluding hydrogens is 416 g/mol. The summed E-state index contributed by atoms with van der Waals surface area (Å²) in [6.07, 6.45) is 7.56. The summed E-state index contributed by atoms with van der Waals surface area (Å²) >= 11 is 0. The van der Waals surface area contributed by atoms with Gasteiger partial charge in [-0.05, 0) is 30.5 Å². The van der Waals surface area contributed by atoms with Crippen molar-refractivity contribution in [2.45, 2.75) is 25.4 Å². The van der Waals surface area contributed by atoms with E-state index in [1.54, 1.807) is 10.7 Å². The molecule has 1 fully saturated rings. The van der Waals surface area contributed by atoms with Crippen LogP contribution in [0.25, 0.3) is 27.9 Å². The maximum absolute atomic E-state index is 11.9. The quantitative estimate of drug-likeness (QED) is 0.422. The Hall–Kier alpha value is -4.20. The molecule has 164 valence electrons. The van der Waals surface area contributed by atoms with Crippen molar-refractivity contribution in [2.24, 2.45) is 0 Å². The Bertz CT molecular complexity index is 1500. The normalized spacial score (nSPS) is 13.6. The number of carboxylic acids is 1. The first-order chi connectivity index (χ1) is 16.1. The molecule has 0 aliphatic heterocycles. The zero-order chi connectivity index (χ0) is 22.5. The summed E-state index contributed by atoms with van der Waals surface area (Å²) in [5.41, 5.74) is 4.13. The van der Waals surface area contributed by atoms with Crippen LogP contribution >= 0.6 is 0 Å². The molecule has 5 aromatic rings. The number of nitrogens with zero attached hydrogens (tertiary/aromatic N) is 6. The molecule has 1 N–H and O–H groups in total.